The molecule has 0 aliphatic carbocycles. The van der Waals surface area contributed by atoms with Crippen LogP contribution in [0.1, 0.15) is 16.5 Å². The van der Waals surface area contributed by atoms with E-state index in [1.807, 2.05) is 0 Å². The highest BCUT2D eigenvalue weighted by Gasteiger charge is 2.21. The number of hydrogen-bond acceptors (Lipinski definition) is 1. The zero-order valence-electron chi connectivity index (χ0n) is 10.3. The molecule has 0 aromatic heterocycles. The van der Waals surface area contributed by atoms with Crippen molar-refractivity contribution in [3.8, 4) is 5.75 Å². The van der Waals surface area contributed by atoms with Gasteiger partial charge in [0.1, 0.15) is 11.6 Å². The van der Waals surface area contributed by atoms with Crippen molar-refractivity contribution < 1.29 is 9.13 Å². The third-order valence-electron chi connectivity index (χ3n) is 2.75. The second-order valence-electron chi connectivity index (χ2n) is 4.04. The lowest BCUT2D eigenvalue weighted by atomic mass is 10.0. The molecule has 1 atom stereocenters. The molecule has 1 unspecified atom stereocenters. The maximum Gasteiger partial charge on any atom is 0.138 e. The second-order valence-corrected chi connectivity index (χ2v) is 6.62. The van der Waals surface area contributed by atoms with Crippen LogP contribution in [0.25, 0.3) is 0 Å². The molecule has 0 aliphatic heterocycles. The smallest absolute Gasteiger partial charge is 0.138 e. The fourth-order valence-electron chi connectivity index (χ4n) is 1.86. The summed E-state index contributed by atoms with van der Waals surface area (Å²) in [5, 5.41) is 0.0199. The Hall–Kier alpha value is -0.290. The zero-order chi connectivity index (χ0) is 14.9. The summed E-state index contributed by atoms with van der Waals surface area (Å²) in [5.41, 5.74) is 1.45. The van der Waals surface area contributed by atoms with Gasteiger partial charge in [-0.1, -0.05) is 33.6 Å². The van der Waals surface area contributed by atoms with Crippen molar-refractivity contribution in [3.05, 3.63) is 61.2 Å². The molecule has 0 aliphatic rings. The third kappa shape index (κ3) is 3.30. The second kappa shape index (κ2) is 6.65. The van der Waals surface area contributed by atoms with E-state index in [0.717, 1.165) is 5.56 Å². The van der Waals surface area contributed by atoms with Gasteiger partial charge in [0.05, 0.1) is 17.0 Å². The highest BCUT2D eigenvalue weighted by Crippen LogP contribution is 2.43. The van der Waals surface area contributed by atoms with Crippen LogP contribution in [0.2, 0.25) is 5.02 Å². The number of benzene rings is 2. The van der Waals surface area contributed by atoms with Crippen molar-refractivity contribution in [1.82, 2.24) is 0 Å². The van der Waals surface area contributed by atoms with Gasteiger partial charge >= 0.3 is 0 Å². The van der Waals surface area contributed by atoms with Gasteiger partial charge in [-0.25, -0.2) is 4.39 Å². The topological polar surface area (TPSA) is 9.23 Å². The Labute approximate surface area is 143 Å². The molecule has 0 bridgehead atoms. The van der Waals surface area contributed by atoms with Crippen molar-refractivity contribution in [2.45, 2.75) is 5.38 Å². The molecule has 0 saturated heterocycles. The molecule has 0 radical (unpaired) electrons. The van der Waals surface area contributed by atoms with Gasteiger partial charge in [0.25, 0.3) is 0 Å². The van der Waals surface area contributed by atoms with Crippen LogP contribution in [0.4, 0.5) is 4.39 Å². The van der Waals surface area contributed by atoms with Crippen LogP contribution in [-0.2, 0) is 0 Å². The van der Waals surface area contributed by atoms with E-state index in [0.29, 0.717) is 25.3 Å². The van der Waals surface area contributed by atoms with Gasteiger partial charge in [0, 0.05) is 15.1 Å². The first-order valence-corrected chi connectivity index (χ1v) is 7.96. The molecule has 0 N–H and O–H groups in total. The molecule has 0 heterocycles. The minimum Gasteiger partial charge on any atom is -0.495 e. The number of rotatable bonds is 3. The van der Waals surface area contributed by atoms with Crippen molar-refractivity contribution in [3.63, 3.8) is 0 Å². The summed E-state index contributed by atoms with van der Waals surface area (Å²) in [4.78, 5) is 0. The molecule has 2 rings (SSSR count). The maximum atomic E-state index is 13.2. The minimum absolute atomic E-state index is 0.330. The quantitative estimate of drug-likeness (QED) is 0.504. The van der Waals surface area contributed by atoms with Gasteiger partial charge in [-0.05, 0) is 45.8 Å². The largest absolute Gasteiger partial charge is 0.495 e. The van der Waals surface area contributed by atoms with Crippen LogP contribution >= 0.6 is 55.1 Å². The fraction of sp³-hybridized carbons (Fsp3) is 0.143. The van der Waals surface area contributed by atoms with E-state index in [-0.39, 0.29) is 5.82 Å². The van der Waals surface area contributed by atoms with Crippen molar-refractivity contribution in [1.29, 1.82) is 0 Å². The molecule has 2 aromatic rings. The number of halogens is 5. The Balaban J connectivity index is 2.55. The minimum atomic E-state index is -0.519. The predicted octanol–water partition coefficient (Wildman–Crippen LogP) is 6.34. The van der Waals surface area contributed by atoms with Crippen LogP contribution in [0, 0.1) is 5.82 Å². The summed E-state index contributed by atoms with van der Waals surface area (Å²) in [5.74, 6) is 0.273. The van der Waals surface area contributed by atoms with Crippen LogP contribution in [-0.4, -0.2) is 7.11 Å². The van der Waals surface area contributed by atoms with Gasteiger partial charge in [0.15, 0.2) is 0 Å². The van der Waals surface area contributed by atoms with E-state index in [9.17, 15) is 4.39 Å². The molecule has 0 saturated carbocycles. The van der Waals surface area contributed by atoms with Gasteiger partial charge < -0.3 is 4.74 Å². The number of alkyl halides is 1. The Morgan fingerprint density at radius 3 is 2.40 bits per heavy atom. The van der Waals surface area contributed by atoms with Crippen molar-refractivity contribution in [2.75, 3.05) is 7.11 Å². The lowest BCUT2D eigenvalue weighted by molar-refractivity contribution is 0.407. The van der Waals surface area contributed by atoms with Crippen molar-refractivity contribution in [2.24, 2.45) is 0 Å². The van der Waals surface area contributed by atoms with Gasteiger partial charge in [-0.15, -0.1) is 11.6 Å². The Kier molecular flexibility index (Phi) is 5.35. The monoisotopic (exact) mass is 440 g/mol. The summed E-state index contributed by atoms with van der Waals surface area (Å²) in [6, 6.07) is 7.83. The molecule has 20 heavy (non-hydrogen) atoms. The molecule has 0 amide bonds. The standard InChI is InChI=1S/C14H9Br2Cl2FO/c1-20-14-10(4-7(17)5-12(14)16)13(18)9-3-2-8(19)6-11(9)15/h2-6,13H,1H3. The molecule has 1 nitrogen and oxygen atoms in total. The summed E-state index contributed by atoms with van der Waals surface area (Å²) in [6.07, 6.45) is 0. The first-order valence-electron chi connectivity index (χ1n) is 5.56. The van der Waals surface area contributed by atoms with E-state index in [4.69, 9.17) is 27.9 Å². The van der Waals surface area contributed by atoms with E-state index < -0.39 is 5.38 Å². The number of hydrogen-bond donors (Lipinski definition) is 0. The number of methoxy groups -OCH3 is 1. The van der Waals surface area contributed by atoms with Gasteiger partial charge in [-0.3, -0.25) is 0 Å². The molecular weight excluding hydrogens is 434 g/mol. The summed E-state index contributed by atoms with van der Waals surface area (Å²) >= 11 is 19.3. The average Bonchev–Trinajstić information content (AvgIpc) is 2.37. The molecule has 106 valence electrons. The predicted molar refractivity (Wildman–Crippen MR) is 87.5 cm³/mol. The molecule has 2 aromatic carbocycles. The van der Waals surface area contributed by atoms with Crippen LogP contribution in [0.5, 0.6) is 5.75 Å². The van der Waals surface area contributed by atoms with Gasteiger partial charge in [0.2, 0.25) is 0 Å². The first-order chi connectivity index (χ1) is 9.43. The van der Waals surface area contributed by atoms with E-state index in [1.54, 1.807) is 25.3 Å². The Morgan fingerprint density at radius 2 is 1.80 bits per heavy atom. The molecule has 6 heteroatoms. The van der Waals surface area contributed by atoms with Gasteiger partial charge in [-0.2, -0.15) is 0 Å². The lowest BCUT2D eigenvalue weighted by Crippen LogP contribution is -2.00. The molecular formula is C14H9Br2Cl2FO. The fourth-order valence-corrected chi connectivity index (χ4v) is 3.92. The molecule has 0 fully saturated rings. The van der Waals surface area contributed by atoms with E-state index in [2.05, 4.69) is 31.9 Å². The first kappa shape index (κ1) is 16.1. The Bertz CT molecular complexity index is 649. The zero-order valence-corrected chi connectivity index (χ0v) is 14.9. The lowest BCUT2D eigenvalue weighted by Gasteiger charge is -2.17. The average molecular weight is 443 g/mol. The summed E-state index contributed by atoms with van der Waals surface area (Å²) in [7, 11) is 1.56. The van der Waals surface area contributed by atoms with Crippen LogP contribution in [0.3, 0.4) is 0 Å². The summed E-state index contributed by atoms with van der Waals surface area (Å²) < 4.78 is 19.8. The van der Waals surface area contributed by atoms with Crippen LogP contribution < -0.4 is 4.74 Å². The third-order valence-corrected chi connectivity index (χ3v) is 4.71. The SMILES string of the molecule is COc1c(Br)cc(Cl)cc1C(Cl)c1ccc(F)cc1Br. The normalized spacial score (nSPS) is 12.3. The van der Waals surface area contributed by atoms with E-state index >= 15 is 0 Å². The molecule has 0 spiro atoms. The van der Waals surface area contributed by atoms with Crippen molar-refractivity contribution >= 4 is 55.1 Å². The highest BCUT2D eigenvalue weighted by atomic mass is 79.9. The van der Waals surface area contributed by atoms with E-state index in [1.165, 1.54) is 12.1 Å². The highest BCUT2D eigenvalue weighted by molar-refractivity contribution is 9.10. The number of ether oxygens (including phenoxy) is 1. The Morgan fingerprint density at radius 1 is 1.10 bits per heavy atom. The maximum absolute atomic E-state index is 13.2. The van der Waals surface area contributed by atoms with Crippen LogP contribution in [0.15, 0.2) is 39.3 Å². The summed E-state index contributed by atoms with van der Waals surface area (Å²) in [6.45, 7) is 0.